The molecular formula is C17H22N2O2. The van der Waals surface area contributed by atoms with E-state index < -0.39 is 0 Å². The first-order chi connectivity index (χ1) is 10.2. The number of nitrogens with zero attached hydrogens (tertiary/aromatic N) is 2. The fourth-order valence-corrected chi connectivity index (χ4v) is 3.40. The summed E-state index contributed by atoms with van der Waals surface area (Å²) in [7, 11) is 2.11. The topological polar surface area (TPSA) is 40.6 Å². The van der Waals surface area contributed by atoms with Crippen LogP contribution in [-0.4, -0.2) is 47.8 Å². The van der Waals surface area contributed by atoms with Crippen molar-refractivity contribution in [2.45, 2.75) is 38.1 Å². The molecule has 3 rings (SSSR count). The van der Waals surface area contributed by atoms with Crippen molar-refractivity contribution in [1.29, 1.82) is 0 Å². The summed E-state index contributed by atoms with van der Waals surface area (Å²) in [5.74, 6) is -0.291. The van der Waals surface area contributed by atoms with Gasteiger partial charge in [0.25, 0.3) is 11.8 Å². The fraction of sp³-hybridized carbons (Fsp3) is 0.529. The van der Waals surface area contributed by atoms with Crippen LogP contribution in [0.4, 0.5) is 0 Å². The lowest BCUT2D eigenvalue weighted by molar-refractivity contribution is 0.0627. The van der Waals surface area contributed by atoms with Gasteiger partial charge in [-0.1, -0.05) is 31.4 Å². The van der Waals surface area contributed by atoms with Crippen LogP contribution in [0.3, 0.4) is 0 Å². The summed E-state index contributed by atoms with van der Waals surface area (Å²) < 4.78 is 0. The zero-order valence-corrected chi connectivity index (χ0v) is 12.5. The normalized spacial score (nSPS) is 19.4. The third-order valence-electron chi connectivity index (χ3n) is 4.75. The van der Waals surface area contributed by atoms with Crippen molar-refractivity contribution in [1.82, 2.24) is 9.80 Å². The molecule has 112 valence electrons. The monoisotopic (exact) mass is 286 g/mol. The van der Waals surface area contributed by atoms with Gasteiger partial charge in [-0.3, -0.25) is 14.5 Å². The Morgan fingerprint density at radius 1 is 1.05 bits per heavy atom. The van der Waals surface area contributed by atoms with Crippen molar-refractivity contribution in [2.75, 3.05) is 20.1 Å². The van der Waals surface area contributed by atoms with E-state index in [0.717, 1.165) is 6.54 Å². The van der Waals surface area contributed by atoms with Gasteiger partial charge in [-0.05, 0) is 32.0 Å². The Morgan fingerprint density at radius 2 is 1.62 bits per heavy atom. The summed E-state index contributed by atoms with van der Waals surface area (Å²) in [6.07, 6.45) is 6.39. The van der Waals surface area contributed by atoms with Crippen molar-refractivity contribution >= 4 is 11.8 Å². The molecule has 0 spiro atoms. The number of fused-ring (bicyclic) bond motifs is 1. The highest BCUT2D eigenvalue weighted by atomic mass is 16.2. The van der Waals surface area contributed by atoms with Crippen LogP contribution in [0.15, 0.2) is 24.3 Å². The van der Waals surface area contributed by atoms with Crippen LogP contribution in [0.2, 0.25) is 0 Å². The highest BCUT2D eigenvalue weighted by molar-refractivity contribution is 6.21. The molecule has 4 heteroatoms. The molecular weight excluding hydrogens is 264 g/mol. The third kappa shape index (κ3) is 2.72. The predicted molar refractivity (Wildman–Crippen MR) is 81.3 cm³/mol. The van der Waals surface area contributed by atoms with Gasteiger partial charge < -0.3 is 4.90 Å². The van der Waals surface area contributed by atoms with Crippen molar-refractivity contribution in [3.05, 3.63) is 35.4 Å². The van der Waals surface area contributed by atoms with E-state index in [4.69, 9.17) is 0 Å². The first-order valence-corrected chi connectivity index (χ1v) is 7.84. The smallest absolute Gasteiger partial charge is 0.261 e. The van der Waals surface area contributed by atoms with E-state index in [1.54, 1.807) is 12.1 Å². The Kier molecular flexibility index (Phi) is 4.06. The van der Waals surface area contributed by atoms with Crippen LogP contribution in [-0.2, 0) is 0 Å². The Morgan fingerprint density at radius 3 is 2.19 bits per heavy atom. The third-order valence-corrected chi connectivity index (χ3v) is 4.75. The number of hydrogen-bond donors (Lipinski definition) is 0. The summed E-state index contributed by atoms with van der Waals surface area (Å²) in [5.41, 5.74) is 1.09. The Hall–Kier alpha value is -1.68. The van der Waals surface area contributed by atoms with Gasteiger partial charge in [0.1, 0.15) is 0 Å². The molecule has 0 N–H and O–H groups in total. The lowest BCUT2D eigenvalue weighted by Gasteiger charge is -2.32. The quantitative estimate of drug-likeness (QED) is 0.799. The van der Waals surface area contributed by atoms with Gasteiger partial charge in [0.15, 0.2) is 0 Å². The maximum atomic E-state index is 12.3. The zero-order chi connectivity index (χ0) is 14.8. The molecule has 1 aromatic carbocycles. The summed E-state index contributed by atoms with van der Waals surface area (Å²) in [6, 6.07) is 7.69. The number of hydrogen-bond acceptors (Lipinski definition) is 3. The Bertz CT molecular complexity index is 514. The van der Waals surface area contributed by atoms with Gasteiger partial charge in [-0.25, -0.2) is 0 Å². The second kappa shape index (κ2) is 5.98. The summed E-state index contributed by atoms with van der Waals surface area (Å²) in [4.78, 5) is 28.3. The maximum Gasteiger partial charge on any atom is 0.261 e. The molecule has 0 unspecified atom stereocenters. The molecule has 0 radical (unpaired) electrons. The van der Waals surface area contributed by atoms with Crippen molar-refractivity contribution in [2.24, 2.45) is 0 Å². The number of carbonyl (C=O) groups excluding carboxylic acids is 2. The van der Waals surface area contributed by atoms with E-state index in [1.807, 2.05) is 12.1 Å². The van der Waals surface area contributed by atoms with Crippen LogP contribution >= 0.6 is 0 Å². The molecule has 1 aromatic rings. The minimum absolute atomic E-state index is 0.146. The minimum Gasteiger partial charge on any atom is -0.302 e. The number of benzene rings is 1. The molecule has 21 heavy (non-hydrogen) atoms. The van der Waals surface area contributed by atoms with Crippen LogP contribution in [0.5, 0.6) is 0 Å². The summed E-state index contributed by atoms with van der Waals surface area (Å²) >= 11 is 0. The fourth-order valence-electron chi connectivity index (χ4n) is 3.40. The van der Waals surface area contributed by atoms with Crippen molar-refractivity contribution in [3.8, 4) is 0 Å². The molecule has 1 fully saturated rings. The molecule has 1 heterocycles. The van der Waals surface area contributed by atoms with E-state index in [9.17, 15) is 9.59 Å². The molecule has 1 saturated carbocycles. The molecule has 1 aliphatic heterocycles. The van der Waals surface area contributed by atoms with Crippen LogP contribution in [0.25, 0.3) is 0 Å². The van der Waals surface area contributed by atoms with Crippen LogP contribution in [0, 0.1) is 0 Å². The highest BCUT2D eigenvalue weighted by Crippen LogP contribution is 2.24. The van der Waals surface area contributed by atoms with E-state index in [0.29, 0.717) is 23.7 Å². The van der Waals surface area contributed by atoms with Gasteiger partial charge in [0, 0.05) is 19.1 Å². The average molecular weight is 286 g/mol. The standard InChI is InChI=1S/C17H22N2O2/c1-18(13-7-3-2-4-8-13)11-12-19-16(20)14-9-5-6-10-15(14)17(19)21/h5-6,9-10,13H,2-4,7-8,11-12H2,1H3. The molecule has 2 amide bonds. The number of rotatable bonds is 4. The molecule has 0 bridgehead atoms. The van der Waals surface area contributed by atoms with Crippen molar-refractivity contribution < 1.29 is 9.59 Å². The largest absolute Gasteiger partial charge is 0.302 e. The van der Waals surface area contributed by atoms with Gasteiger partial charge in [0.2, 0.25) is 0 Å². The SMILES string of the molecule is CN(CCN1C(=O)c2ccccc2C1=O)C1CCCCC1. The second-order valence-corrected chi connectivity index (χ2v) is 6.08. The summed E-state index contributed by atoms with van der Waals surface area (Å²) in [5, 5.41) is 0. The maximum absolute atomic E-state index is 12.3. The van der Waals surface area contributed by atoms with Gasteiger partial charge in [0.05, 0.1) is 11.1 Å². The van der Waals surface area contributed by atoms with Crippen LogP contribution < -0.4 is 0 Å². The number of likely N-dealkylation sites (N-methyl/N-ethyl adjacent to an activating group) is 1. The first kappa shape index (κ1) is 14.3. The van der Waals surface area contributed by atoms with E-state index >= 15 is 0 Å². The average Bonchev–Trinajstić information content (AvgIpc) is 2.78. The molecule has 0 aromatic heterocycles. The Labute approximate surface area is 125 Å². The lowest BCUT2D eigenvalue weighted by Crippen LogP contribution is -2.41. The predicted octanol–water partition coefficient (Wildman–Crippen LogP) is 2.55. The van der Waals surface area contributed by atoms with Gasteiger partial charge >= 0.3 is 0 Å². The lowest BCUT2D eigenvalue weighted by atomic mass is 9.94. The second-order valence-electron chi connectivity index (χ2n) is 6.08. The van der Waals surface area contributed by atoms with E-state index in [-0.39, 0.29) is 11.8 Å². The molecule has 0 atom stereocenters. The molecule has 1 aliphatic carbocycles. The zero-order valence-electron chi connectivity index (χ0n) is 12.5. The summed E-state index contributed by atoms with van der Waals surface area (Å²) in [6.45, 7) is 1.25. The number of imide groups is 1. The van der Waals surface area contributed by atoms with E-state index in [1.165, 1.54) is 37.0 Å². The molecule has 4 nitrogen and oxygen atoms in total. The van der Waals surface area contributed by atoms with Crippen molar-refractivity contribution in [3.63, 3.8) is 0 Å². The highest BCUT2D eigenvalue weighted by Gasteiger charge is 2.35. The Balaban J connectivity index is 1.61. The van der Waals surface area contributed by atoms with Gasteiger partial charge in [-0.2, -0.15) is 0 Å². The molecule has 0 saturated heterocycles. The molecule has 2 aliphatic rings. The number of amides is 2. The number of carbonyl (C=O) groups is 2. The first-order valence-electron chi connectivity index (χ1n) is 7.84. The van der Waals surface area contributed by atoms with Gasteiger partial charge in [-0.15, -0.1) is 0 Å². The minimum atomic E-state index is -0.146. The van der Waals surface area contributed by atoms with E-state index in [2.05, 4.69) is 11.9 Å². The van der Waals surface area contributed by atoms with Crippen LogP contribution in [0.1, 0.15) is 52.8 Å².